The molecular formula is C13H10BrNO2S. The fraction of sp³-hybridized carbons (Fsp3) is 0.154. The molecule has 0 saturated heterocycles. The number of carbonyl (C=O) groups excluding carboxylic acids is 1. The number of ether oxygens (including phenoxy) is 1. The van der Waals surface area contributed by atoms with Gasteiger partial charge in [0.05, 0.1) is 10.6 Å². The van der Waals surface area contributed by atoms with Crippen LogP contribution in [0.1, 0.15) is 17.4 Å². The number of rotatable bonds is 1. The number of benzene rings is 1. The molecule has 0 aliphatic carbocycles. The monoisotopic (exact) mass is 323 g/mol. The van der Waals surface area contributed by atoms with Crippen LogP contribution in [-0.2, 0) is 10.3 Å². The second-order valence-electron chi connectivity index (χ2n) is 4.21. The first-order valence-corrected chi connectivity index (χ1v) is 7.11. The Balaban J connectivity index is 2.23. The van der Waals surface area contributed by atoms with Gasteiger partial charge in [0, 0.05) is 10.0 Å². The molecule has 1 amide bonds. The van der Waals surface area contributed by atoms with Crippen molar-refractivity contribution in [3.8, 4) is 0 Å². The molecule has 1 N–H and O–H groups in total. The van der Waals surface area contributed by atoms with E-state index in [4.69, 9.17) is 4.74 Å². The lowest BCUT2D eigenvalue weighted by atomic mass is 9.91. The summed E-state index contributed by atoms with van der Waals surface area (Å²) in [7, 11) is 0. The van der Waals surface area contributed by atoms with Crippen LogP contribution in [0.2, 0.25) is 0 Å². The van der Waals surface area contributed by atoms with Crippen molar-refractivity contribution in [3.63, 3.8) is 0 Å². The van der Waals surface area contributed by atoms with Crippen molar-refractivity contribution in [2.45, 2.75) is 12.5 Å². The molecule has 1 aliphatic rings. The molecule has 3 nitrogen and oxygen atoms in total. The van der Waals surface area contributed by atoms with Crippen LogP contribution in [0, 0.1) is 0 Å². The first-order valence-electron chi connectivity index (χ1n) is 5.43. The molecule has 0 fully saturated rings. The molecule has 1 unspecified atom stereocenters. The predicted octanol–water partition coefficient (Wildman–Crippen LogP) is 4.34. The number of hydrogen-bond donors (Lipinski definition) is 1. The van der Waals surface area contributed by atoms with Gasteiger partial charge in [-0.3, -0.25) is 5.32 Å². The van der Waals surface area contributed by atoms with E-state index >= 15 is 0 Å². The molecule has 2 heterocycles. The zero-order chi connectivity index (χ0) is 12.8. The fourth-order valence-electron chi connectivity index (χ4n) is 2.13. The Morgan fingerprint density at radius 3 is 2.94 bits per heavy atom. The molecule has 1 aromatic carbocycles. The number of thiophene rings is 1. The number of hydrogen-bond acceptors (Lipinski definition) is 3. The third-order valence-electron chi connectivity index (χ3n) is 3.02. The molecule has 1 aromatic heterocycles. The van der Waals surface area contributed by atoms with E-state index in [9.17, 15) is 4.79 Å². The number of nitrogens with one attached hydrogen (secondary N) is 1. The van der Waals surface area contributed by atoms with Crippen molar-refractivity contribution in [2.24, 2.45) is 0 Å². The Kier molecular flexibility index (Phi) is 2.68. The van der Waals surface area contributed by atoms with Gasteiger partial charge >= 0.3 is 6.09 Å². The van der Waals surface area contributed by atoms with Crippen LogP contribution >= 0.6 is 27.3 Å². The second-order valence-corrected chi connectivity index (χ2v) is 6.08. The summed E-state index contributed by atoms with van der Waals surface area (Å²) < 4.78 is 6.50. The fourth-order valence-corrected chi connectivity index (χ4v) is 3.33. The maximum atomic E-state index is 11.7. The Labute approximate surface area is 117 Å². The standard InChI is InChI=1S/C13H10BrNO2S/c1-13(11-3-2-6-18-11)9-7-8(14)4-5-10(9)15-12(16)17-13/h2-7H,1H3,(H,15,16). The van der Waals surface area contributed by atoms with Crippen LogP contribution in [0.4, 0.5) is 10.5 Å². The third-order valence-corrected chi connectivity index (χ3v) is 4.59. The summed E-state index contributed by atoms with van der Waals surface area (Å²) >= 11 is 5.04. The van der Waals surface area contributed by atoms with Crippen LogP contribution in [0.25, 0.3) is 0 Å². The van der Waals surface area contributed by atoms with Crippen LogP contribution < -0.4 is 5.32 Å². The molecule has 3 rings (SSSR count). The zero-order valence-electron chi connectivity index (χ0n) is 9.57. The van der Waals surface area contributed by atoms with E-state index in [1.165, 1.54) is 0 Å². The molecule has 0 radical (unpaired) electrons. The summed E-state index contributed by atoms with van der Waals surface area (Å²) in [5.41, 5.74) is 1.03. The van der Waals surface area contributed by atoms with E-state index in [2.05, 4.69) is 21.2 Å². The third kappa shape index (κ3) is 1.74. The molecular weight excluding hydrogens is 314 g/mol. The summed E-state index contributed by atoms with van der Waals surface area (Å²) in [6.07, 6.45) is -0.416. The van der Waals surface area contributed by atoms with Crippen LogP contribution in [0.15, 0.2) is 40.2 Å². The van der Waals surface area contributed by atoms with E-state index < -0.39 is 11.7 Å². The summed E-state index contributed by atoms with van der Waals surface area (Å²) in [5.74, 6) is 0. The van der Waals surface area contributed by atoms with Crippen molar-refractivity contribution < 1.29 is 9.53 Å². The average Bonchev–Trinajstić information content (AvgIpc) is 2.84. The maximum absolute atomic E-state index is 11.7. The number of carbonyl (C=O) groups is 1. The molecule has 0 saturated carbocycles. The summed E-state index contributed by atoms with van der Waals surface area (Å²) in [6, 6.07) is 9.70. The highest BCUT2D eigenvalue weighted by atomic mass is 79.9. The average molecular weight is 324 g/mol. The summed E-state index contributed by atoms with van der Waals surface area (Å²) in [6.45, 7) is 1.92. The minimum Gasteiger partial charge on any atom is -0.432 e. The SMILES string of the molecule is CC1(c2cccs2)OC(=O)Nc2ccc(Br)cc21. The van der Waals surface area contributed by atoms with Gasteiger partial charge in [-0.25, -0.2) is 4.79 Å². The van der Waals surface area contributed by atoms with Crippen molar-refractivity contribution in [3.05, 3.63) is 50.6 Å². The van der Waals surface area contributed by atoms with Gasteiger partial charge in [-0.05, 0) is 36.6 Å². The van der Waals surface area contributed by atoms with Crippen molar-refractivity contribution in [2.75, 3.05) is 5.32 Å². The molecule has 1 aliphatic heterocycles. The lowest BCUT2D eigenvalue weighted by molar-refractivity contribution is 0.0611. The van der Waals surface area contributed by atoms with Gasteiger partial charge in [-0.2, -0.15) is 0 Å². The number of cyclic esters (lactones) is 1. The van der Waals surface area contributed by atoms with Crippen molar-refractivity contribution in [1.82, 2.24) is 0 Å². The highest BCUT2D eigenvalue weighted by Crippen LogP contribution is 2.43. The predicted molar refractivity (Wildman–Crippen MR) is 75.0 cm³/mol. The molecule has 2 aromatic rings. The van der Waals surface area contributed by atoms with E-state index in [0.29, 0.717) is 0 Å². The topological polar surface area (TPSA) is 38.3 Å². The zero-order valence-corrected chi connectivity index (χ0v) is 12.0. The van der Waals surface area contributed by atoms with Crippen molar-refractivity contribution in [1.29, 1.82) is 0 Å². The van der Waals surface area contributed by atoms with Gasteiger partial charge in [0.15, 0.2) is 5.60 Å². The molecule has 18 heavy (non-hydrogen) atoms. The lowest BCUT2D eigenvalue weighted by Gasteiger charge is -2.35. The maximum Gasteiger partial charge on any atom is 0.412 e. The van der Waals surface area contributed by atoms with Gasteiger partial charge in [0.2, 0.25) is 0 Å². The Morgan fingerprint density at radius 2 is 2.22 bits per heavy atom. The van der Waals surface area contributed by atoms with E-state index in [1.807, 2.05) is 42.6 Å². The quantitative estimate of drug-likeness (QED) is 0.847. The number of halogens is 1. The highest BCUT2D eigenvalue weighted by Gasteiger charge is 2.40. The van der Waals surface area contributed by atoms with Crippen LogP contribution in [0.5, 0.6) is 0 Å². The van der Waals surface area contributed by atoms with Crippen LogP contribution in [-0.4, -0.2) is 6.09 Å². The van der Waals surface area contributed by atoms with Crippen LogP contribution in [0.3, 0.4) is 0 Å². The molecule has 0 bridgehead atoms. The smallest absolute Gasteiger partial charge is 0.412 e. The minimum absolute atomic E-state index is 0.416. The van der Waals surface area contributed by atoms with Gasteiger partial charge < -0.3 is 4.74 Å². The molecule has 92 valence electrons. The Morgan fingerprint density at radius 1 is 1.39 bits per heavy atom. The number of fused-ring (bicyclic) bond motifs is 1. The molecule has 0 spiro atoms. The molecule has 5 heteroatoms. The Hall–Kier alpha value is -1.33. The number of amides is 1. The van der Waals surface area contributed by atoms with Gasteiger partial charge in [-0.15, -0.1) is 11.3 Å². The van der Waals surface area contributed by atoms with Gasteiger partial charge in [-0.1, -0.05) is 22.0 Å². The first kappa shape index (κ1) is 11.7. The second kappa shape index (κ2) is 4.10. The van der Waals surface area contributed by atoms with Gasteiger partial charge in [0.25, 0.3) is 0 Å². The highest BCUT2D eigenvalue weighted by molar-refractivity contribution is 9.10. The minimum atomic E-state index is -0.727. The van der Waals surface area contributed by atoms with Gasteiger partial charge in [0.1, 0.15) is 0 Å². The van der Waals surface area contributed by atoms with E-state index in [1.54, 1.807) is 11.3 Å². The van der Waals surface area contributed by atoms with E-state index in [-0.39, 0.29) is 0 Å². The number of anilines is 1. The Bertz CT molecular complexity index is 611. The normalized spacial score (nSPS) is 22.0. The van der Waals surface area contributed by atoms with Crippen molar-refractivity contribution >= 4 is 39.0 Å². The largest absolute Gasteiger partial charge is 0.432 e. The molecule has 1 atom stereocenters. The summed E-state index contributed by atoms with van der Waals surface area (Å²) in [4.78, 5) is 12.7. The summed E-state index contributed by atoms with van der Waals surface area (Å²) in [5, 5.41) is 4.71. The first-order chi connectivity index (χ1) is 8.59. The van der Waals surface area contributed by atoms with E-state index in [0.717, 1.165) is 20.6 Å². The lowest BCUT2D eigenvalue weighted by Crippen LogP contribution is -2.37.